The molecule has 0 saturated heterocycles. The minimum atomic E-state index is -4.61. The van der Waals surface area contributed by atoms with Gasteiger partial charge in [-0.3, -0.25) is 9.48 Å². The van der Waals surface area contributed by atoms with Crippen LogP contribution in [0.3, 0.4) is 0 Å². The molecule has 2 rings (SSSR count). The number of benzene rings is 1. The number of aryl methyl sites for hydroxylation is 2. The molecule has 1 heterocycles. The predicted molar refractivity (Wildman–Crippen MR) is 77.1 cm³/mol. The Morgan fingerprint density at radius 2 is 1.95 bits per heavy atom. The van der Waals surface area contributed by atoms with E-state index < -0.39 is 23.1 Å². The highest BCUT2D eigenvalue weighted by atomic mass is 35.5. The molecule has 2 aromatic rings. The summed E-state index contributed by atoms with van der Waals surface area (Å²) in [6, 6.07) is 4.69. The van der Waals surface area contributed by atoms with Crippen LogP contribution in [0.25, 0.3) is 0 Å². The number of alkyl halides is 3. The van der Waals surface area contributed by atoms with E-state index in [9.17, 15) is 18.0 Å². The lowest BCUT2D eigenvalue weighted by molar-refractivity contribution is -0.137. The van der Waals surface area contributed by atoms with E-state index in [1.54, 1.807) is 7.05 Å². The van der Waals surface area contributed by atoms with Gasteiger partial charge in [0, 0.05) is 12.6 Å². The van der Waals surface area contributed by atoms with Crippen LogP contribution in [0.1, 0.15) is 40.5 Å². The molecule has 1 aromatic heterocycles. The smallest absolute Gasteiger partial charge is 0.288 e. The molecular formula is C15H14ClF3N2O. The molecule has 1 aromatic carbocycles. The van der Waals surface area contributed by atoms with Crippen LogP contribution in [-0.4, -0.2) is 15.6 Å². The first-order valence-electron chi connectivity index (χ1n) is 6.69. The molecule has 7 heteroatoms. The van der Waals surface area contributed by atoms with Crippen molar-refractivity contribution in [1.29, 1.82) is 0 Å². The second-order valence-electron chi connectivity index (χ2n) is 4.86. The minimum Gasteiger partial charge on any atom is -0.288 e. The van der Waals surface area contributed by atoms with Crippen molar-refractivity contribution in [2.75, 3.05) is 0 Å². The average Bonchev–Trinajstić information content (AvgIpc) is 2.73. The Hall–Kier alpha value is -1.82. The van der Waals surface area contributed by atoms with Crippen LogP contribution in [0.5, 0.6) is 0 Å². The maximum absolute atomic E-state index is 13.1. The lowest BCUT2D eigenvalue weighted by Crippen LogP contribution is -2.14. The number of ketones is 1. The number of carbonyl (C=O) groups is 1. The molecule has 0 unspecified atom stereocenters. The number of aromatic nitrogens is 2. The van der Waals surface area contributed by atoms with Crippen LogP contribution < -0.4 is 0 Å². The molecule has 22 heavy (non-hydrogen) atoms. The van der Waals surface area contributed by atoms with Gasteiger partial charge in [-0.2, -0.15) is 18.3 Å². The van der Waals surface area contributed by atoms with E-state index in [2.05, 4.69) is 5.10 Å². The summed E-state index contributed by atoms with van der Waals surface area (Å²) in [5.74, 6) is -0.755. The summed E-state index contributed by atoms with van der Waals surface area (Å²) in [4.78, 5) is 12.6. The molecule has 0 amide bonds. The zero-order valence-corrected chi connectivity index (χ0v) is 12.8. The van der Waals surface area contributed by atoms with Crippen LogP contribution in [-0.2, 0) is 19.6 Å². The quantitative estimate of drug-likeness (QED) is 0.784. The third-order valence-electron chi connectivity index (χ3n) is 3.24. The Kier molecular flexibility index (Phi) is 4.60. The number of hydrogen-bond donors (Lipinski definition) is 0. The van der Waals surface area contributed by atoms with Crippen molar-refractivity contribution in [2.45, 2.75) is 25.9 Å². The molecule has 0 atom stereocenters. The maximum Gasteiger partial charge on any atom is 0.417 e. The van der Waals surface area contributed by atoms with Crippen molar-refractivity contribution in [3.8, 4) is 0 Å². The lowest BCUT2D eigenvalue weighted by atomic mass is 9.97. The molecule has 118 valence electrons. The van der Waals surface area contributed by atoms with Gasteiger partial charge in [-0.05, 0) is 12.5 Å². The molecule has 0 radical (unpaired) electrons. The highest BCUT2D eigenvalue weighted by Crippen LogP contribution is 2.34. The maximum atomic E-state index is 13.1. The van der Waals surface area contributed by atoms with Crippen LogP contribution in [0, 0.1) is 0 Å². The fraction of sp³-hybridized carbons (Fsp3) is 0.333. The van der Waals surface area contributed by atoms with Gasteiger partial charge in [0.05, 0.1) is 16.8 Å². The summed E-state index contributed by atoms with van der Waals surface area (Å²) < 4.78 is 40.5. The molecule has 0 bridgehead atoms. The number of nitrogens with zero attached hydrogens (tertiary/aromatic N) is 2. The second kappa shape index (κ2) is 6.12. The van der Waals surface area contributed by atoms with E-state index in [0.717, 1.165) is 12.1 Å². The van der Waals surface area contributed by atoms with Gasteiger partial charge in [0.15, 0.2) is 5.78 Å². The monoisotopic (exact) mass is 330 g/mol. The Morgan fingerprint density at radius 3 is 2.55 bits per heavy atom. The first kappa shape index (κ1) is 16.5. The van der Waals surface area contributed by atoms with Gasteiger partial charge in [0.25, 0.3) is 0 Å². The highest BCUT2D eigenvalue weighted by molar-refractivity contribution is 6.34. The van der Waals surface area contributed by atoms with E-state index in [4.69, 9.17) is 11.6 Å². The fourth-order valence-electron chi connectivity index (χ4n) is 2.26. The molecule has 3 nitrogen and oxygen atoms in total. The standard InChI is InChI=1S/C15H14ClF3N2O/c1-3-6-11-12(14(16)21(2)20-11)13(22)9-7-4-5-8-10(9)15(17,18)19/h4-5,7-8H,3,6H2,1-2H3. The fourth-order valence-corrected chi connectivity index (χ4v) is 2.49. The predicted octanol–water partition coefficient (Wildman–Crippen LogP) is 4.28. The number of rotatable bonds is 4. The molecule has 0 spiro atoms. The largest absolute Gasteiger partial charge is 0.417 e. The Balaban J connectivity index is 2.59. The summed E-state index contributed by atoms with van der Waals surface area (Å²) in [6.07, 6.45) is -3.43. The molecule has 0 fully saturated rings. The topological polar surface area (TPSA) is 34.9 Å². The van der Waals surface area contributed by atoms with Crippen molar-refractivity contribution in [1.82, 2.24) is 9.78 Å². The first-order valence-corrected chi connectivity index (χ1v) is 7.07. The Morgan fingerprint density at radius 1 is 1.32 bits per heavy atom. The van der Waals surface area contributed by atoms with E-state index in [0.29, 0.717) is 18.5 Å². The number of halogens is 4. The average molecular weight is 331 g/mol. The normalized spacial score (nSPS) is 11.7. The summed E-state index contributed by atoms with van der Waals surface area (Å²) in [7, 11) is 1.55. The minimum absolute atomic E-state index is 0.0442. The SMILES string of the molecule is CCCc1nn(C)c(Cl)c1C(=O)c1ccccc1C(F)(F)F. The zero-order valence-electron chi connectivity index (χ0n) is 12.0. The molecule has 0 aliphatic carbocycles. The first-order chi connectivity index (χ1) is 10.3. The van der Waals surface area contributed by atoms with Crippen molar-refractivity contribution >= 4 is 17.4 Å². The van der Waals surface area contributed by atoms with Crippen LogP contribution in [0.4, 0.5) is 13.2 Å². The Bertz CT molecular complexity index is 707. The summed E-state index contributed by atoms with van der Waals surface area (Å²) in [6.45, 7) is 1.89. The van der Waals surface area contributed by atoms with Crippen LogP contribution >= 0.6 is 11.6 Å². The molecule has 0 N–H and O–H groups in total. The van der Waals surface area contributed by atoms with Crippen molar-refractivity contribution in [3.63, 3.8) is 0 Å². The molecule has 0 aliphatic heterocycles. The van der Waals surface area contributed by atoms with Gasteiger partial charge in [-0.25, -0.2) is 0 Å². The zero-order chi connectivity index (χ0) is 16.5. The lowest BCUT2D eigenvalue weighted by Gasteiger charge is -2.12. The second-order valence-corrected chi connectivity index (χ2v) is 5.22. The number of carbonyl (C=O) groups excluding carboxylic acids is 1. The van der Waals surface area contributed by atoms with E-state index in [-0.39, 0.29) is 10.7 Å². The third kappa shape index (κ3) is 3.02. The van der Waals surface area contributed by atoms with Gasteiger partial charge in [-0.1, -0.05) is 43.1 Å². The van der Waals surface area contributed by atoms with Crippen molar-refractivity contribution < 1.29 is 18.0 Å². The van der Waals surface area contributed by atoms with Gasteiger partial charge in [-0.15, -0.1) is 0 Å². The highest BCUT2D eigenvalue weighted by Gasteiger charge is 2.36. The number of hydrogen-bond acceptors (Lipinski definition) is 2. The van der Waals surface area contributed by atoms with Crippen LogP contribution in [0.2, 0.25) is 5.15 Å². The van der Waals surface area contributed by atoms with Gasteiger partial charge in [0.2, 0.25) is 0 Å². The molecular weight excluding hydrogens is 317 g/mol. The Labute approximate surface area is 130 Å². The van der Waals surface area contributed by atoms with E-state index in [1.165, 1.54) is 16.8 Å². The van der Waals surface area contributed by atoms with Crippen molar-refractivity contribution in [3.05, 3.63) is 51.8 Å². The van der Waals surface area contributed by atoms with Gasteiger partial charge in [0.1, 0.15) is 5.15 Å². The van der Waals surface area contributed by atoms with E-state index >= 15 is 0 Å². The molecule has 0 aliphatic rings. The summed E-state index contributed by atoms with van der Waals surface area (Å²) in [5.41, 5.74) is -0.927. The van der Waals surface area contributed by atoms with Gasteiger partial charge >= 0.3 is 6.18 Å². The third-order valence-corrected chi connectivity index (χ3v) is 3.67. The van der Waals surface area contributed by atoms with Crippen LogP contribution in [0.15, 0.2) is 24.3 Å². The van der Waals surface area contributed by atoms with E-state index in [1.807, 2.05) is 6.92 Å². The van der Waals surface area contributed by atoms with Crippen molar-refractivity contribution in [2.24, 2.45) is 7.05 Å². The van der Waals surface area contributed by atoms with Gasteiger partial charge < -0.3 is 0 Å². The molecule has 0 saturated carbocycles. The summed E-state index contributed by atoms with van der Waals surface area (Å²) >= 11 is 6.06. The summed E-state index contributed by atoms with van der Waals surface area (Å²) in [5, 5.41) is 4.17.